The third kappa shape index (κ3) is 5.68. The first kappa shape index (κ1) is 27.0. The first-order valence-electron chi connectivity index (χ1n) is 14.2. The van der Waals surface area contributed by atoms with Crippen molar-refractivity contribution in [1.82, 2.24) is 38.7 Å². The van der Waals surface area contributed by atoms with Gasteiger partial charge in [0.05, 0.1) is 35.8 Å². The number of hydrogen-bond acceptors (Lipinski definition) is 7. The second-order valence-electron chi connectivity index (χ2n) is 11.0. The highest BCUT2D eigenvalue weighted by Crippen LogP contribution is 2.25. The summed E-state index contributed by atoms with van der Waals surface area (Å²) in [6.07, 6.45) is 5.21. The Kier molecular flexibility index (Phi) is 7.46. The number of benzene rings is 1. The fourth-order valence-electron chi connectivity index (χ4n) is 5.42. The first-order chi connectivity index (χ1) is 19.9. The number of imidazole rings is 1. The molecule has 1 fully saturated rings. The number of fused-ring (bicyclic) bond motifs is 2. The molecular formula is C30H37N9O2. The summed E-state index contributed by atoms with van der Waals surface area (Å²) in [6.45, 7) is 12.7. The number of carbonyl (C=O) groups excluding carboxylic acids is 1. The van der Waals surface area contributed by atoms with Gasteiger partial charge in [0.2, 0.25) is 0 Å². The normalized spacial score (nSPS) is 14.9. The van der Waals surface area contributed by atoms with Crippen molar-refractivity contribution in [2.75, 3.05) is 51.7 Å². The molecule has 1 aliphatic heterocycles. The predicted molar refractivity (Wildman–Crippen MR) is 159 cm³/mol. The first-order valence-corrected chi connectivity index (χ1v) is 14.2. The van der Waals surface area contributed by atoms with Gasteiger partial charge in [-0.25, -0.2) is 4.98 Å². The van der Waals surface area contributed by atoms with Crippen LogP contribution in [0, 0.1) is 6.92 Å². The molecule has 1 saturated heterocycles. The summed E-state index contributed by atoms with van der Waals surface area (Å²) in [7, 11) is 2.16. The van der Waals surface area contributed by atoms with Crippen LogP contribution in [0.25, 0.3) is 16.6 Å². The van der Waals surface area contributed by atoms with Crippen molar-refractivity contribution < 1.29 is 9.53 Å². The molecule has 1 N–H and O–H groups in total. The third-order valence-corrected chi connectivity index (χ3v) is 7.70. The third-order valence-electron chi connectivity index (χ3n) is 7.70. The zero-order valence-electron chi connectivity index (χ0n) is 24.1. The number of piperazine rings is 1. The molecule has 11 heteroatoms. The molecular weight excluding hydrogens is 518 g/mol. The number of aromatic nitrogens is 6. The number of pyridine rings is 1. The molecule has 5 heterocycles. The molecule has 1 amide bonds. The summed E-state index contributed by atoms with van der Waals surface area (Å²) in [5.41, 5.74) is 4.80. The van der Waals surface area contributed by atoms with E-state index in [4.69, 9.17) is 9.84 Å². The van der Waals surface area contributed by atoms with E-state index >= 15 is 0 Å². The highest BCUT2D eigenvalue weighted by molar-refractivity contribution is 6.08. The zero-order chi connectivity index (χ0) is 28.5. The monoisotopic (exact) mass is 555 g/mol. The molecule has 0 bridgehead atoms. The fourth-order valence-corrected chi connectivity index (χ4v) is 5.42. The van der Waals surface area contributed by atoms with Crippen LogP contribution in [0.5, 0.6) is 5.75 Å². The largest absolute Gasteiger partial charge is 0.492 e. The fraction of sp³-hybridized carbons (Fsp3) is 0.400. The van der Waals surface area contributed by atoms with Crippen LogP contribution in [0.1, 0.15) is 41.8 Å². The molecule has 0 saturated carbocycles. The van der Waals surface area contributed by atoms with E-state index in [2.05, 4.69) is 59.1 Å². The van der Waals surface area contributed by atoms with Gasteiger partial charge >= 0.3 is 0 Å². The molecule has 11 nitrogen and oxygen atoms in total. The highest BCUT2D eigenvalue weighted by atomic mass is 16.5. The Morgan fingerprint density at radius 2 is 1.93 bits per heavy atom. The quantitative estimate of drug-likeness (QED) is 0.296. The summed E-state index contributed by atoms with van der Waals surface area (Å²) in [5, 5.41) is 13.3. The topological polar surface area (TPSA) is 97.8 Å². The molecule has 0 unspecified atom stereocenters. The van der Waals surface area contributed by atoms with Crippen molar-refractivity contribution in [3.05, 3.63) is 72.1 Å². The number of amides is 1. The van der Waals surface area contributed by atoms with E-state index in [1.807, 2.05) is 45.9 Å². The Balaban J connectivity index is 1.13. The Bertz CT molecular complexity index is 1670. The molecule has 1 aliphatic rings. The van der Waals surface area contributed by atoms with E-state index in [9.17, 15) is 4.79 Å². The Hall–Kier alpha value is -4.22. The molecule has 0 atom stereocenters. The van der Waals surface area contributed by atoms with Crippen LogP contribution in [0.4, 0.5) is 5.69 Å². The Labute approximate surface area is 239 Å². The molecule has 4 aromatic heterocycles. The minimum absolute atomic E-state index is 0.243. The van der Waals surface area contributed by atoms with Crippen molar-refractivity contribution in [2.24, 2.45) is 0 Å². The van der Waals surface area contributed by atoms with Gasteiger partial charge in [-0.1, -0.05) is 6.07 Å². The number of ether oxygens (including phenoxy) is 1. The molecule has 0 radical (unpaired) electrons. The van der Waals surface area contributed by atoms with Crippen LogP contribution in [0.2, 0.25) is 0 Å². The maximum absolute atomic E-state index is 13.3. The second-order valence-corrected chi connectivity index (χ2v) is 11.0. The van der Waals surface area contributed by atoms with Crippen LogP contribution in [0.15, 0.2) is 55.0 Å². The Morgan fingerprint density at radius 1 is 1.10 bits per heavy atom. The minimum atomic E-state index is -0.243. The van der Waals surface area contributed by atoms with E-state index in [-0.39, 0.29) is 5.91 Å². The van der Waals surface area contributed by atoms with Gasteiger partial charge in [0, 0.05) is 62.1 Å². The SMILES string of the molecule is Cc1cc(Cn2ncc3c(NC(=O)c4cnc5cc(OCCN6CCN(C)CC6)ccn45)cccc32)nn1C(C)C. The number of carbonyl (C=O) groups is 1. The van der Waals surface area contributed by atoms with Gasteiger partial charge in [0.1, 0.15) is 23.7 Å². The summed E-state index contributed by atoms with van der Waals surface area (Å²) in [5.74, 6) is 0.502. The van der Waals surface area contributed by atoms with Gasteiger partial charge in [0.25, 0.3) is 5.91 Å². The number of nitrogens with zero attached hydrogens (tertiary/aromatic N) is 8. The van der Waals surface area contributed by atoms with Crippen LogP contribution < -0.4 is 10.1 Å². The van der Waals surface area contributed by atoms with E-state index in [0.29, 0.717) is 36.2 Å². The molecule has 0 aliphatic carbocycles. The van der Waals surface area contributed by atoms with E-state index < -0.39 is 0 Å². The van der Waals surface area contributed by atoms with Gasteiger partial charge in [-0.2, -0.15) is 10.2 Å². The van der Waals surface area contributed by atoms with Gasteiger partial charge in [-0.3, -0.25) is 23.5 Å². The van der Waals surface area contributed by atoms with E-state index in [0.717, 1.165) is 60.8 Å². The standard InChI is InChI=1S/C30H37N9O2/c1-21(2)39-22(3)16-23(34-39)20-38-27-7-5-6-26(25(27)18-32-38)33-30(40)28-19-31-29-17-24(8-9-37(28)29)41-15-14-36-12-10-35(4)11-13-36/h5-9,16-19,21H,10-15,20H2,1-4H3,(H,33,40). The highest BCUT2D eigenvalue weighted by Gasteiger charge is 2.17. The van der Waals surface area contributed by atoms with Crippen molar-refractivity contribution in [3.63, 3.8) is 0 Å². The smallest absolute Gasteiger partial charge is 0.274 e. The summed E-state index contributed by atoms with van der Waals surface area (Å²) in [4.78, 5) is 22.6. The van der Waals surface area contributed by atoms with Crippen molar-refractivity contribution >= 4 is 28.1 Å². The Morgan fingerprint density at radius 3 is 2.71 bits per heavy atom. The van der Waals surface area contributed by atoms with Crippen LogP contribution in [-0.2, 0) is 6.54 Å². The molecule has 1 aromatic carbocycles. The summed E-state index contributed by atoms with van der Waals surface area (Å²) >= 11 is 0. The summed E-state index contributed by atoms with van der Waals surface area (Å²) in [6, 6.07) is 12.0. The van der Waals surface area contributed by atoms with Crippen molar-refractivity contribution in [1.29, 1.82) is 0 Å². The number of likely N-dealkylation sites (N-methyl/N-ethyl adjacent to an activating group) is 1. The van der Waals surface area contributed by atoms with Crippen LogP contribution in [0.3, 0.4) is 0 Å². The van der Waals surface area contributed by atoms with E-state index in [1.54, 1.807) is 16.8 Å². The lowest BCUT2D eigenvalue weighted by Crippen LogP contribution is -2.45. The number of nitrogens with one attached hydrogen (secondary N) is 1. The van der Waals surface area contributed by atoms with Gasteiger partial charge < -0.3 is 15.0 Å². The minimum Gasteiger partial charge on any atom is -0.492 e. The van der Waals surface area contributed by atoms with Crippen molar-refractivity contribution in [3.8, 4) is 5.75 Å². The van der Waals surface area contributed by atoms with Gasteiger partial charge in [0.15, 0.2) is 0 Å². The van der Waals surface area contributed by atoms with Crippen molar-refractivity contribution in [2.45, 2.75) is 33.4 Å². The maximum atomic E-state index is 13.3. The molecule has 0 spiro atoms. The van der Waals surface area contributed by atoms with Crippen LogP contribution >= 0.6 is 0 Å². The van der Waals surface area contributed by atoms with E-state index in [1.165, 1.54) is 0 Å². The second kappa shape index (κ2) is 11.3. The number of aryl methyl sites for hydroxylation is 1. The molecule has 214 valence electrons. The predicted octanol–water partition coefficient (Wildman–Crippen LogP) is 3.70. The molecule has 5 aromatic rings. The maximum Gasteiger partial charge on any atom is 0.274 e. The van der Waals surface area contributed by atoms with Gasteiger partial charge in [-0.05, 0) is 52.1 Å². The number of anilines is 1. The van der Waals surface area contributed by atoms with Crippen LogP contribution in [-0.4, -0.2) is 91.0 Å². The molecule has 41 heavy (non-hydrogen) atoms. The number of rotatable bonds is 9. The lowest BCUT2D eigenvalue weighted by molar-refractivity contribution is 0.102. The number of hydrogen-bond donors (Lipinski definition) is 1. The average molecular weight is 556 g/mol. The lowest BCUT2D eigenvalue weighted by Gasteiger charge is -2.32. The average Bonchev–Trinajstić information content (AvgIpc) is 3.67. The summed E-state index contributed by atoms with van der Waals surface area (Å²) < 4.78 is 11.7. The molecule has 6 rings (SSSR count). The van der Waals surface area contributed by atoms with Gasteiger partial charge in [-0.15, -0.1) is 0 Å². The zero-order valence-corrected chi connectivity index (χ0v) is 24.1. The lowest BCUT2D eigenvalue weighted by atomic mass is 10.2.